The highest BCUT2D eigenvalue weighted by Gasteiger charge is 2.56. The van der Waals surface area contributed by atoms with E-state index in [-0.39, 0.29) is 24.2 Å². The summed E-state index contributed by atoms with van der Waals surface area (Å²) in [6.45, 7) is 0. The summed E-state index contributed by atoms with van der Waals surface area (Å²) in [6, 6.07) is 5.21. The van der Waals surface area contributed by atoms with Crippen LogP contribution in [0.25, 0.3) is 0 Å². The number of hydrogen-bond acceptors (Lipinski definition) is 2. The van der Waals surface area contributed by atoms with Gasteiger partial charge in [0.05, 0.1) is 11.4 Å². The number of hydrogen-bond donors (Lipinski definition) is 2. The molecule has 0 bridgehead atoms. The molecule has 2 amide bonds. The lowest BCUT2D eigenvalue weighted by Gasteiger charge is -2.16. The van der Waals surface area contributed by atoms with Gasteiger partial charge in [0.1, 0.15) is 28.7 Å². The number of benzene rings is 2. The van der Waals surface area contributed by atoms with E-state index in [0.717, 1.165) is 24.3 Å². The van der Waals surface area contributed by atoms with Crippen LogP contribution in [0, 0.1) is 28.7 Å². The largest absolute Gasteiger partial charge is 0.323 e. The van der Waals surface area contributed by atoms with Gasteiger partial charge in [-0.25, -0.2) is 17.6 Å². The van der Waals surface area contributed by atoms with Gasteiger partial charge in [0, 0.05) is 12.1 Å². The molecule has 2 aromatic carbocycles. The molecule has 25 heavy (non-hydrogen) atoms. The lowest BCUT2D eigenvalue weighted by molar-refractivity contribution is -0.131. The minimum absolute atomic E-state index is 0.191. The Morgan fingerprint density at radius 2 is 1.16 bits per heavy atom. The molecule has 1 fully saturated rings. The van der Waals surface area contributed by atoms with Gasteiger partial charge in [0.25, 0.3) is 0 Å². The zero-order valence-corrected chi connectivity index (χ0v) is 12.7. The first-order chi connectivity index (χ1) is 11.8. The van der Waals surface area contributed by atoms with E-state index in [1.807, 2.05) is 0 Å². The van der Waals surface area contributed by atoms with E-state index in [4.69, 9.17) is 0 Å². The topological polar surface area (TPSA) is 58.2 Å². The van der Waals surface area contributed by atoms with Crippen LogP contribution >= 0.6 is 0 Å². The molecule has 4 nitrogen and oxygen atoms in total. The Balaban J connectivity index is 1.74. The SMILES string of the molecule is O=C(Nc1ccc(F)cc1F)C1(C(=O)Nc2ccc(F)cc2F)CC1. The number of nitrogens with one attached hydrogen (secondary N) is 2. The molecule has 0 unspecified atom stereocenters. The van der Waals surface area contributed by atoms with E-state index < -0.39 is 40.5 Å². The monoisotopic (exact) mass is 352 g/mol. The maximum atomic E-state index is 13.6. The predicted octanol–water partition coefficient (Wildman–Crippen LogP) is 3.60. The predicted molar refractivity (Wildman–Crippen MR) is 81.6 cm³/mol. The number of carbonyl (C=O) groups is 2. The highest BCUT2D eigenvalue weighted by Crippen LogP contribution is 2.47. The zero-order chi connectivity index (χ0) is 18.2. The molecule has 3 rings (SSSR count). The summed E-state index contributed by atoms with van der Waals surface area (Å²) in [5, 5.41) is 4.47. The minimum atomic E-state index is -1.47. The van der Waals surface area contributed by atoms with E-state index in [1.54, 1.807) is 0 Å². The third-order valence-electron chi connectivity index (χ3n) is 3.98. The second-order valence-electron chi connectivity index (χ2n) is 5.74. The van der Waals surface area contributed by atoms with Crippen LogP contribution in [0.5, 0.6) is 0 Å². The Morgan fingerprint density at radius 3 is 1.48 bits per heavy atom. The molecule has 1 aliphatic rings. The van der Waals surface area contributed by atoms with Crippen LogP contribution in [0.4, 0.5) is 28.9 Å². The highest BCUT2D eigenvalue weighted by molar-refractivity contribution is 6.16. The molecule has 0 atom stereocenters. The number of amides is 2. The van der Waals surface area contributed by atoms with Crippen molar-refractivity contribution in [3.8, 4) is 0 Å². The van der Waals surface area contributed by atoms with Crippen molar-refractivity contribution < 1.29 is 27.2 Å². The third kappa shape index (κ3) is 3.33. The Morgan fingerprint density at radius 1 is 0.760 bits per heavy atom. The Bertz CT molecular complexity index is 798. The van der Waals surface area contributed by atoms with Gasteiger partial charge in [-0.15, -0.1) is 0 Å². The van der Waals surface area contributed by atoms with Gasteiger partial charge < -0.3 is 10.6 Å². The van der Waals surface area contributed by atoms with Crippen molar-refractivity contribution in [2.24, 2.45) is 5.41 Å². The molecule has 2 N–H and O–H groups in total. The summed E-state index contributed by atoms with van der Waals surface area (Å²) in [4.78, 5) is 24.6. The summed E-state index contributed by atoms with van der Waals surface area (Å²) in [7, 11) is 0. The maximum absolute atomic E-state index is 13.6. The van der Waals surface area contributed by atoms with Crippen LogP contribution in [0.15, 0.2) is 36.4 Å². The van der Waals surface area contributed by atoms with E-state index in [1.165, 1.54) is 0 Å². The molecule has 1 saturated carbocycles. The molecule has 0 saturated heterocycles. The molecule has 1 aliphatic carbocycles. The molecular weight excluding hydrogens is 340 g/mol. The maximum Gasteiger partial charge on any atom is 0.240 e. The first-order valence-corrected chi connectivity index (χ1v) is 7.35. The molecule has 0 aromatic heterocycles. The summed E-state index contributed by atoms with van der Waals surface area (Å²) in [6.07, 6.45) is 0.382. The Kier molecular flexibility index (Phi) is 4.20. The number of anilines is 2. The van der Waals surface area contributed by atoms with Gasteiger partial charge in [-0.1, -0.05) is 0 Å². The van der Waals surface area contributed by atoms with Crippen LogP contribution in [0.1, 0.15) is 12.8 Å². The van der Waals surface area contributed by atoms with Crippen molar-refractivity contribution in [2.45, 2.75) is 12.8 Å². The normalized spacial score (nSPS) is 14.7. The van der Waals surface area contributed by atoms with Crippen LogP contribution in [-0.2, 0) is 9.59 Å². The standard InChI is InChI=1S/C17H12F4N2O2/c18-9-1-3-13(11(20)7-9)22-15(24)17(5-6-17)16(25)23-14-4-2-10(19)8-12(14)21/h1-4,7-8H,5-6H2,(H,22,24)(H,23,25). The smallest absolute Gasteiger partial charge is 0.240 e. The van der Waals surface area contributed by atoms with Crippen molar-refractivity contribution >= 4 is 23.2 Å². The number of halogens is 4. The minimum Gasteiger partial charge on any atom is -0.323 e. The second kappa shape index (κ2) is 6.19. The van der Waals surface area contributed by atoms with Crippen LogP contribution in [0.3, 0.4) is 0 Å². The molecule has 130 valence electrons. The van der Waals surface area contributed by atoms with Crippen molar-refractivity contribution in [1.29, 1.82) is 0 Å². The van der Waals surface area contributed by atoms with E-state index in [0.29, 0.717) is 12.1 Å². The van der Waals surface area contributed by atoms with Crippen molar-refractivity contribution in [2.75, 3.05) is 10.6 Å². The van der Waals surface area contributed by atoms with Gasteiger partial charge >= 0.3 is 0 Å². The lowest BCUT2D eigenvalue weighted by atomic mass is 10.0. The van der Waals surface area contributed by atoms with Gasteiger partial charge in [-0.2, -0.15) is 0 Å². The molecule has 8 heteroatoms. The molecule has 0 radical (unpaired) electrons. The fourth-order valence-electron chi connectivity index (χ4n) is 2.35. The Hall–Kier alpha value is -2.90. The molecular formula is C17H12F4N2O2. The zero-order valence-electron chi connectivity index (χ0n) is 12.7. The Labute approximate surface area is 139 Å². The highest BCUT2D eigenvalue weighted by atomic mass is 19.1. The molecule has 0 spiro atoms. The van der Waals surface area contributed by atoms with Crippen LogP contribution in [-0.4, -0.2) is 11.8 Å². The summed E-state index contributed by atoms with van der Waals surface area (Å²) >= 11 is 0. The van der Waals surface area contributed by atoms with Crippen LogP contribution in [0.2, 0.25) is 0 Å². The summed E-state index contributed by atoms with van der Waals surface area (Å²) < 4.78 is 53.0. The molecule has 0 heterocycles. The van der Waals surface area contributed by atoms with Gasteiger partial charge in [-0.3, -0.25) is 9.59 Å². The van der Waals surface area contributed by atoms with Crippen molar-refractivity contribution in [3.05, 3.63) is 59.7 Å². The van der Waals surface area contributed by atoms with E-state index >= 15 is 0 Å². The summed E-state index contributed by atoms with van der Waals surface area (Å²) in [5.74, 6) is -5.12. The number of carbonyl (C=O) groups excluding carboxylic acids is 2. The van der Waals surface area contributed by atoms with Crippen molar-refractivity contribution in [1.82, 2.24) is 0 Å². The van der Waals surface area contributed by atoms with Gasteiger partial charge in [0.15, 0.2) is 0 Å². The lowest BCUT2D eigenvalue weighted by Crippen LogP contribution is -2.36. The molecule has 0 aliphatic heterocycles. The van der Waals surface area contributed by atoms with E-state index in [9.17, 15) is 27.2 Å². The summed E-state index contributed by atoms with van der Waals surface area (Å²) in [5.41, 5.74) is -2.00. The number of rotatable bonds is 4. The second-order valence-corrected chi connectivity index (χ2v) is 5.74. The average Bonchev–Trinajstić information content (AvgIpc) is 3.34. The van der Waals surface area contributed by atoms with Gasteiger partial charge in [-0.05, 0) is 37.1 Å². The third-order valence-corrected chi connectivity index (χ3v) is 3.98. The quantitative estimate of drug-likeness (QED) is 0.653. The first kappa shape index (κ1) is 16.9. The fourth-order valence-corrected chi connectivity index (χ4v) is 2.35. The van der Waals surface area contributed by atoms with E-state index in [2.05, 4.69) is 10.6 Å². The van der Waals surface area contributed by atoms with Gasteiger partial charge in [0.2, 0.25) is 11.8 Å². The van der Waals surface area contributed by atoms with Crippen LogP contribution < -0.4 is 10.6 Å². The fraction of sp³-hybridized carbons (Fsp3) is 0.176. The molecule has 2 aromatic rings. The van der Waals surface area contributed by atoms with Crippen molar-refractivity contribution in [3.63, 3.8) is 0 Å². The average molecular weight is 352 g/mol. The first-order valence-electron chi connectivity index (χ1n) is 7.35.